The largest absolute Gasteiger partial charge is 0.459 e. The third-order valence-electron chi connectivity index (χ3n) is 5.54. The highest BCUT2D eigenvalue weighted by molar-refractivity contribution is 6.34. The molecule has 0 bridgehead atoms. The van der Waals surface area contributed by atoms with Crippen molar-refractivity contribution in [1.82, 2.24) is 0 Å². The van der Waals surface area contributed by atoms with Crippen LogP contribution in [0.3, 0.4) is 0 Å². The number of furan rings is 1. The van der Waals surface area contributed by atoms with Gasteiger partial charge >= 0.3 is 0 Å². The summed E-state index contributed by atoms with van der Waals surface area (Å²) in [6.07, 6.45) is 0. The van der Waals surface area contributed by atoms with Crippen molar-refractivity contribution in [3.05, 3.63) is 94.7 Å². The minimum atomic E-state index is -0.328. The molecule has 4 aromatic rings. The third kappa shape index (κ3) is 3.04. The van der Waals surface area contributed by atoms with Gasteiger partial charge in [0.1, 0.15) is 11.3 Å². The van der Waals surface area contributed by atoms with Gasteiger partial charge in [0.15, 0.2) is 0 Å². The fourth-order valence-corrected chi connectivity index (χ4v) is 3.84. The average molecular weight is 407 g/mol. The molecule has 6 nitrogen and oxygen atoms in total. The van der Waals surface area contributed by atoms with Crippen LogP contribution in [-0.4, -0.2) is 11.8 Å². The van der Waals surface area contributed by atoms with Crippen molar-refractivity contribution < 1.29 is 14.0 Å². The Kier molecular flexibility index (Phi) is 4.30. The van der Waals surface area contributed by atoms with E-state index < -0.39 is 0 Å². The summed E-state index contributed by atoms with van der Waals surface area (Å²) >= 11 is 0. The minimum absolute atomic E-state index is 0.328. The van der Waals surface area contributed by atoms with E-state index in [1.165, 1.54) is 4.90 Å². The highest BCUT2D eigenvalue weighted by Crippen LogP contribution is 2.33. The van der Waals surface area contributed by atoms with Gasteiger partial charge < -0.3 is 9.73 Å². The lowest BCUT2D eigenvalue weighted by atomic mass is 10.1. The number of nitrogens with zero attached hydrogens (tertiary/aromatic N) is 2. The molecule has 0 unspecified atom stereocenters. The predicted octanol–water partition coefficient (Wildman–Crippen LogP) is 5.03. The monoisotopic (exact) mass is 407 g/mol. The molecule has 1 aromatic heterocycles. The topological polar surface area (TPSA) is 86.3 Å². The number of hydrogen-bond acceptors (Lipinski definition) is 5. The van der Waals surface area contributed by atoms with Crippen LogP contribution in [-0.2, 0) is 6.54 Å². The van der Waals surface area contributed by atoms with Crippen LogP contribution in [0.1, 0.15) is 37.6 Å². The van der Waals surface area contributed by atoms with E-state index >= 15 is 0 Å². The summed E-state index contributed by atoms with van der Waals surface area (Å²) in [5, 5.41) is 13.1. The van der Waals surface area contributed by atoms with Crippen molar-refractivity contribution >= 4 is 34.2 Å². The van der Waals surface area contributed by atoms with Crippen molar-refractivity contribution in [3.63, 3.8) is 0 Å². The molecule has 31 heavy (non-hydrogen) atoms. The number of hydrogen-bond donors (Lipinski definition) is 1. The number of amides is 2. The van der Waals surface area contributed by atoms with E-state index in [2.05, 4.69) is 11.4 Å². The lowest BCUT2D eigenvalue weighted by Crippen LogP contribution is -2.29. The number of fused-ring (bicyclic) bond motifs is 2. The van der Waals surface area contributed by atoms with Gasteiger partial charge in [0.25, 0.3) is 11.8 Å². The second kappa shape index (κ2) is 7.15. The number of nitriles is 1. The number of carbonyl (C=O) groups is 2. The van der Waals surface area contributed by atoms with Gasteiger partial charge in [0.2, 0.25) is 0 Å². The number of anilines is 2. The van der Waals surface area contributed by atoms with E-state index in [0.717, 1.165) is 22.4 Å². The second-order valence-corrected chi connectivity index (χ2v) is 7.36. The van der Waals surface area contributed by atoms with Gasteiger partial charge in [0.05, 0.1) is 35.0 Å². The SMILES string of the molecule is Cc1c(CNc2ccc(C#N)cc2)oc2cc(N3C(=O)c4ccccc4C3=O)ccc12. The van der Waals surface area contributed by atoms with Gasteiger partial charge in [-0.3, -0.25) is 9.59 Å². The standard InChI is InChI=1S/C25H17N3O3/c1-15-19-11-10-18(28-24(29)20-4-2-3-5-21(20)25(28)30)12-22(19)31-23(15)14-27-17-8-6-16(13-26)7-9-17/h2-12,27H,14H2,1H3. The van der Waals surface area contributed by atoms with E-state index in [9.17, 15) is 9.59 Å². The first-order valence-electron chi connectivity index (χ1n) is 9.80. The lowest BCUT2D eigenvalue weighted by Gasteiger charge is -2.13. The molecule has 2 heterocycles. The molecule has 0 fully saturated rings. The Morgan fingerprint density at radius 3 is 2.29 bits per heavy atom. The van der Waals surface area contributed by atoms with Crippen LogP contribution < -0.4 is 10.2 Å². The highest BCUT2D eigenvalue weighted by Gasteiger charge is 2.36. The number of rotatable bonds is 4. The van der Waals surface area contributed by atoms with Gasteiger partial charge in [-0.05, 0) is 55.5 Å². The molecule has 6 heteroatoms. The summed E-state index contributed by atoms with van der Waals surface area (Å²) in [5.74, 6) is 0.107. The third-order valence-corrected chi connectivity index (χ3v) is 5.54. The summed E-state index contributed by atoms with van der Waals surface area (Å²) in [7, 11) is 0. The zero-order chi connectivity index (χ0) is 21.5. The van der Waals surface area contributed by atoms with Crippen LogP contribution >= 0.6 is 0 Å². The maximum Gasteiger partial charge on any atom is 0.266 e. The van der Waals surface area contributed by atoms with Crippen LogP contribution in [0.5, 0.6) is 0 Å². The Morgan fingerprint density at radius 2 is 1.65 bits per heavy atom. The fraction of sp³-hybridized carbons (Fsp3) is 0.0800. The van der Waals surface area contributed by atoms with E-state index in [1.807, 2.05) is 25.1 Å². The molecule has 3 aromatic carbocycles. The molecule has 0 atom stereocenters. The summed E-state index contributed by atoms with van der Waals surface area (Å²) in [4.78, 5) is 26.7. The number of benzene rings is 3. The maximum atomic E-state index is 12.8. The summed E-state index contributed by atoms with van der Waals surface area (Å²) in [5.41, 5.74) is 4.40. The maximum absolute atomic E-state index is 12.8. The molecule has 0 spiro atoms. The molecule has 0 saturated carbocycles. The van der Waals surface area contributed by atoms with Gasteiger partial charge in [-0.15, -0.1) is 0 Å². The number of aryl methyl sites for hydroxylation is 1. The zero-order valence-electron chi connectivity index (χ0n) is 16.7. The summed E-state index contributed by atoms with van der Waals surface area (Å²) in [6, 6.07) is 21.5. The molecule has 0 saturated heterocycles. The second-order valence-electron chi connectivity index (χ2n) is 7.36. The van der Waals surface area contributed by atoms with E-state index in [4.69, 9.17) is 9.68 Å². The quantitative estimate of drug-likeness (QED) is 0.480. The Morgan fingerprint density at radius 1 is 0.968 bits per heavy atom. The van der Waals surface area contributed by atoms with Crippen LogP contribution in [0.4, 0.5) is 11.4 Å². The molecule has 150 valence electrons. The average Bonchev–Trinajstić information content (AvgIpc) is 3.25. The first kappa shape index (κ1) is 18.6. The normalized spacial score (nSPS) is 12.8. The van der Waals surface area contributed by atoms with Gasteiger partial charge in [0, 0.05) is 22.7 Å². The smallest absolute Gasteiger partial charge is 0.266 e. The number of carbonyl (C=O) groups excluding carboxylic acids is 2. The molecule has 1 aliphatic rings. The van der Waals surface area contributed by atoms with Crippen LogP contribution in [0.15, 0.2) is 71.1 Å². The molecule has 5 rings (SSSR count). The van der Waals surface area contributed by atoms with Gasteiger partial charge in [-0.2, -0.15) is 5.26 Å². The van der Waals surface area contributed by atoms with Crippen molar-refractivity contribution in [2.45, 2.75) is 13.5 Å². The molecule has 2 amide bonds. The first-order chi connectivity index (χ1) is 15.1. The Labute approximate surface area is 178 Å². The fourth-order valence-electron chi connectivity index (χ4n) is 3.84. The molecule has 1 N–H and O–H groups in total. The number of nitrogens with one attached hydrogen (secondary N) is 1. The Hall–Kier alpha value is -4.37. The lowest BCUT2D eigenvalue weighted by molar-refractivity contribution is 0.0926. The molecule has 0 aliphatic carbocycles. The van der Waals surface area contributed by atoms with Gasteiger partial charge in [-0.25, -0.2) is 4.90 Å². The molecule has 1 aliphatic heterocycles. The Balaban J connectivity index is 1.43. The van der Waals surface area contributed by atoms with Crippen molar-refractivity contribution in [1.29, 1.82) is 5.26 Å². The predicted molar refractivity (Wildman–Crippen MR) is 117 cm³/mol. The summed E-state index contributed by atoms with van der Waals surface area (Å²) in [6.45, 7) is 2.44. The van der Waals surface area contributed by atoms with Crippen molar-refractivity contribution in [3.8, 4) is 6.07 Å². The molecule has 0 radical (unpaired) electrons. The first-order valence-corrected chi connectivity index (χ1v) is 9.80. The zero-order valence-corrected chi connectivity index (χ0v) is 16.7. The van der Waals surface area contributed by atoms with E-state index in [0.29, 0.717) is 34.5 Å². The van der Waals surface area contributed by atoms with Crippen molar-refractivity contribution in [2.75, 3.05) is 10.2 Å². The van der Waals surface area contributed by atoms with Crippen molar-refractivity contribution in [2.24, 2.45) is 0 Å². The highest BCUT2D eigenvalue weighted by atomic mass is 16.3. The molecular formula is C25H17N3O3. The van der Waals surface area contributed by atoms with E-state index in [1.54, 1.807) is 48.5 Å². The van der Waals surface area contributed by atoms with Crippen LogP contribution in [0, 0.1) is 18.3 Å². The van der Waals surface area contributed by atoms with Gasteiger partial charge in [-0.1, -0.05) is 12.1 Å². The summed E-state index contributed by atoms with van der Waals surface area (Å²) < 4.78 is 6.05. The van der Waals surface area contributed by atoms with Crippen LogP contribution in [0.25, 0.3) is 11.0 Å². The van der Waals surface area contributed by atoms with Crippen LogP contribution in [0.2, 0.25) is 0 Å². The van der Waals surface area contributed by atoms with E-state index in [-0.39, 0.29) is 11.8 Å². The molecular weight excluding hydrogens is 390 g/mol. The Bertz CT molecular complexity index is 1360. The number of imide groups is 1. The minimum Gasteiger partial charge on any atom is -0.459 e.